The van der Waals surface area contributed by atoms with E-state index >= 15 is 0 Å². The number of hydrogen-bond acceptors (Lipinski definition) is 4. The Hall–Kier alpha value is -1.69. The molecule has 0 bridgehead atoms. The maximum absolute atomic E-state index is 12.2. The van der Waals surface area contributed by atoms with Gasteiger partial charge in [0.15, 0.2) is 0 Å². The van der Waals surface area contributed by atoms with Crippen molar-refractivity contribution in [3.8, 4) is 0 Å². The highest BCUT2D eigenvalue weighted by molar-refractivity contribution is 7.11. The minimum Gasteiger partial charge on any atom is -0.337 e. The average Bonchev–Trinajstić information content (AvgIpc) is 3.08. The third kappa shape index (κ3) is 2.28. The Morgan fingerprint density at radius 2 is 2.37 bits per heavy atom. The molecule has 1 aliphatic rings. The highest BCUT2D eigenvalue weighted by Crippen LogP contribution is 2.27. The van der Waals surface area contributed by atoms with Gasteiger partial charge in [-0.3, -0.25) is 9.78 Å². The molecule has 0 aromatic carbocycles. The lowest BCUT2D eigenvalue weighted by Crippen LogP contribution is -2.28. The zero-order valence-corrected chi connectivity index (χ0v) is 11.9. The van der Waals surface area contributed by atoms with Gasteiger partial charge in [0, 0.05) is 32.3 Å². The van der Waals surface area contributed by atoms with E-state index in [4.69, 9.17) is 0 Å². The summed E-state index contributed by atoms with van der Waals surface area (Å²) in [6.07, 6.45) is 4.66. The van der Waals surface area contributed by atoms with Gasteiger partial charge in [-0.2, -0.15) is 0 Å². The molecule has 1 saturated heterocycles. The highest BCUT2D eigenvalue weighted by atomic mass is 32.1. The van der Waals surface area contributed by atoms with Crippen LogP contribution >= 0.6 is 11.3 Å². The topological polar surface area (TPSA) is 51.0 Å². The van der Waals surface area contributed by atoms with E-state index in [1.54, 1.807) is 11.7 Å². The summed E-state index contributed by atoms with van der Waals surface area (Å²) in [5, 5.41) is 0. The van der Waals surface area contributed by atoms with Gasteiger partial charge in [-0.1, -0.05) is 0 Å². The molecule has 1 unspecified atom stereocenters. The number of aromatic nitrogens is 3. The Balaban J connectivity index is 1.74. The van der Waals surface area contributed by atoms with Gasteiger partial charge in [0.25, 0.3) is 5.91 Å². The Kier molecular flexibility index (Phi) is 3.10. The van der Waals surface area contributed by atoms with Crippen molar-refractivity contribution in [3.05, 3.63) is 34.3 Å². The minimum absolute atomic E-state index is 0.0935. The highest BCUT2D eigenvalue weighted by Gasteiger charge is 2.30. The quantitative estimate of drug-likeness (QED) is 0.840. The molecule has 1 aliphatic heterocycles. The molecule has 3 heterocycles. The molecular weight excluding hydrogens is 260 g/mol. The van der Waals surface area contributed by atoms with Gasteiger partial charge >= 0.3 is 0 Å². The van der Waals surface area contributed by atoms with Crippen LogP contribution in [0.3, 0.4) is 0 Å². The summed E-state index contributed by atoms with van der Waals surface area (Å²) < 4.78 is 2.07. The first kappa shape index (κ1) is 12.3. The number of rotatable bonds is 2. The van der Waals surface area contributed by atoms with Gasteiger partial charge in [-0.05, 0) is 13.3 Å². The van der Waals surface area contributed by atoms with Crippen LogP contribution in [-0.2, 0) is 7.05 Å². The van der Waals surface area contributed by atoms with Crippen molar-refractivity contribution in [2.75, 3.05) is 13.1 Å². The van der Waals surface area contributed by atoms with Crippen LogP contribution in [-0.4, -0.2) is 38.4 Å². The molecule has 3 rings (SSSR count). The fraction of sp³-hybridized carbons (Fsp3) is 0.462. The second kappa shape index (κ2) is 4.77. The van der Waals surface area contributed by atoms with Crippen molar-refractivity contribution in [1.82, 2.24) is 19.4 Å². The molecule has 5 nitrogen and oxygen atoms in total. The van der Waals surface area contributed by atoms with E-state index in [1.807, 2.05) is 25.1 Å². The van der Waals surface area contributed by atoms with E-state index in [9.17, 15) is 4.79 Å². The van der Waals surface area contributed by atoms with Crippen LogP contribution in [0.4, 0.5) is 0 Å². The fourth-order valence-corrected chi connectivity index (χ4v) is 3.23. The van der Waals surface area contributed by atoms with Crippen molar-refractivity contribution < 1.29 is 4.79 Å². The van der Waals surface area contributed by atoms with E-state index in [-0.39, 0.29) is 5.91 Å². The van der Waals surface area contributed by atoms with Crippen molar-refractivity contribution in [3.63, 3.8) is 0 Å². The van der Waals surface area contributed by atoms with Gasteiger partial charge in [-0.15, -0.1) is 11.3 Å². The van der Waals surface area contributed by atoms with Gasteiger partial charge in [0.2, 0.25) is 0 Å². The monoisotopic (exact) mass is 276 g/mol. The molecule has 19 heavy (non-hydrogen) atoms. The average molecular weight is 276 g/mol. The first-order valence-electron chi connectivity index (χ1n) is 6.33. The number of hydrogen-bond donors (Lipinski definition) is 0. The molecule has 0 N–H and O–H groups in total. The zero-order chi connectivity index (χ0) is 13.4. The van der Waals surface area contributed by atoms with E-state index in [0.717, 1.165) is 35.9 Å². The lowest BCUT2D eigenvalue weighted by atomic mass is 10.1. The van der Waals surface area contributed by atoms with E-state index in [2.05, 4.69) is 14.5 Å². The van der Waals surface area contributed by atoms with Gasteiger partial charge in [-0.25, -0.2) is 4.98 Å². The van der Waals surface area contributed by atoms with Crippen LogP contribution in [0.5, 0.6) is 0 Å². The van der Waals surface area contributed by atoms with Crippen LogP contribution in [0, 0.1) is 6.92 Å². The third-order valence-corrected chi connectivity index (χ3v) is 4.28. The van der Waals surface area contributed by atoms with Gasteiger partial charge in [0.05, 0.1) is 17.4 Å². The molecular formula is C13H16N4OS. The van der Waals surface area contributed by atoms with Gasteiger partial charge in [0.1, 0.15) is 10.7 Å². The number of imidazole rings is 1. The largest absolute Gasteiger partial charge is 0.337 e. The first-order chi connectivity index (χ1) is 9.15. The lowest BCUT2D eigenvalue weighted by Gasteiger charge is -2.15. The van der Waals surface area contributed by atoms with Crippen molar-refractivity contribution in [2.24, 2.45) is 7.05 Å². The number of carbonyl (C=O) groups is 1. The van der Waals surface area contributed by atoms with E-state index in [0.29, 0.717) is 5.92 Å². The molecule has 100 valence electrons. The number of likely N-dealkylation sites (tertiary alicyclic amines) is 1. The number of carbonyl (C=O) groups excluding carboxylic acids is 1. The van der Waals surface area contributed by atoms with E-state index in [1.165, 1.54) is 11.3 Å². The molecule has 2 aromatic heterocycles. The predicted molar refractivity (Wildman–Crippen MR) is 73.3 cm³/mol. The molecule has 0 spiro atoms. The Morgan fingerprint density at radius 1 is 1.53 bits per heavy atom. The Morgan fingerprint density at radius 3 is 3.00 bits per heavy atom. The van der Waals surface area contributed by atoms with Crippen LogP contribution in [0.15, 0.2) is 17.9 Å². The second-order valence-electron chi connectivity index (χ2n) is 4.95. The maximum atomic E-state index is 12.2. The summed E-state index contributed by atoms with van der Waals surface area (Å²) in [5.41, 5.74) is 2.73. The van der Waals surface area contributed by atoms with Crippen molar-refractivity contribution in [2.45, 2.75) is 19.3 Å². The first-order valence-corrected chi connectivity index (χ1v) is 7.20. The summed E-state index contributed by atoms with van der Waals surface area (Å²) >= 11 is 1.40. The minimum atomic E-state index is 0.0935. The van der Waals surface area contributed by atoms with Crippen LogP contribution in [0.2, 0.25) is 0 Å². The Labute approximate surface area is 115 Å². The summed E-state index contributed by atoms with van der Waals surface area (Å²) in [6.45, 7) is 3.55. The van der Waals surface area contributed by atoms with Crippen LogP contribution < -0.4 is 0 Å². The molecule has 6 heteroatoms. The standard InChI is InChI=1S/C13H16N4OS/c1-9-6-16(2)12(15-9)10-3-4-17(7-10)13(18)11-5-14-8-19-11/h5-6,8,10H,3-4,7H2,1-2H3. The fourth-order valence-electron chi connectivity index (χ4n) is 2.65. The van der Waals surface area contributed by atoms with Crippen molar-refractivity contribution in [1.29, 1.82) is 0 Å². The second-order valence-corrected chi connectivity index (χ2v) is 5.84. The van der Waals surface area contributed by atoms with Crippen molar-refractivity contribution >= 4 is 17.2 Å². The Bertz CT molecular complexity index is 590. The normalized spacial score (nSPS) is 19.1. The lowest BCUT2D eigenvalue weighted by molar-refractivity contribution is 0.0795. The predicted octanol–water partition coefficient (Wildman–Crippen LogP) is 1.81. The summed E-state index contributed by atoms with van der Waals surface area (Å²) in [6, 6.07) is 0. The summed E-state index contributed by atoms with van der Waals surface area (Å²) in [5.74, 6) is 1.52. The molecule has 0 aliphatic carbocycles. The summed E-state index contributed by atoms with van der Waals surface area (Å²) in [4.78, 5) is 23.4. The molecule has 1 fully saturated rings. The maximum Gasteiger partial charge on any atom is 0.265 e. The number of thiazole rings is 1. The molecule has 1 atom stereocenters. The zero-order valence-electron chi connectivity index (χ0n) is 11.0. The third-order valence-electron chi connectivity index (χ3n) is 3.52. The number of amides is 1. The SMILES string of the molecule is Cc1cn(C)c(C2CCN(C(=O)c3cncs3)C2)n1. The summed E-state index contributed by atoms with van der Waals surface area (Å²) in [7, 11) is 2.02. The molecule has 0 saturated carbocycles. The van der Waals surface area contributed by atoms with E-state index < -0.39 is 0 Å². The molecule has 0 radical (unpaired) electrons. The smallest absolute Gasteiger partial charge is 0.265 e. The number of aryl methyl sites for hydroxylation is 2. The molecule has 1 amide bonds. The number of nitrogens with zero attached hydrogens (tertiary/aromatic N) is 4. The molecule has 2 aromatic rings. The van der Waals surface area contributed by atoms with Crippen LogP contribution in [0.1, 0.15) is 33.5 Å². The van der Waals surface area contributed by atoms with Crippen LogP contribution in [0.25, 0.3) is 0 Å². The van der Waals surface area contributed by atoms with Gasteiger partial charge < -0.3 is 9.47 Å².